The molecule has 2 heterocycles. The topological polar surface area (TPSA) is 84.9 Å². The maximum Gasteiger partial charge on any atom is 0.573 e. The first-order valence-corrected chi connectivity index (χ1v) is 15.6. The Labute approximate surface area is 240 Å². The number of ether oxygens (including phenoxy) is 2. The third-order valence-corrected chi connectivity index (χ3v) is 10.3. The minimum absolute atomic E-state index is 0.0686. The van der Waals surface area contributed by atoms with Gasteiger partial charge in [-0.05, 0) is 92.7 Å². The summed E-state index contributed by atoms with van der Waals surface area (Å²) in [6.07, 6.45) is 0.833. The van der Waals surface area contributed by atoms with Crippen LogP contribution in [0.3, 0.4) is 0 Å². The van der Waals surface area contributed by atoms with Crippen LogP contribution in [0.4, 0.5) is 17.6 Å². The highest BCUT2D eigenvalue weighted by Crippen LogP contribution is 2.45. The highest BCUT2D eigenvalue weighted by atomic mass is 35.5. The van der Waals surface area contributed by atoms with Crippen LogP contribution < -0.4 is 14.2 Å². The lowest BCUT2D eigenvalue weighted by Gasteiger charge is -2.39. The second kappa shape index (κ2) is 10.6. The molecule has 4 aliphatic rings. The van der Waals surface area contributed by atoms with Crippen molar-refractivity contribution in [3.05, 3.63) is 57.9 Å². The minimum atomic E-state index is -4.85. The Balaban J connectivity index is 1.15. The van der Waals surface area contributed by atoms with E-state index in [1.807, 2.05) is 4.72 Å². The third kappa shape index (κ3) is 6.59. The van der Waals surface area contributed by atoms with Crippen molar-refractivity contribution in [2.45, 2.75) is 93.6 Å². The molecule has 2 saturated heterocycles. The number of hydrogen-bond acceptors (Lipinski definition) is 6. The second-order valence-corrected chi connectivity index (χ2v) is 13.8. The van der Waals surface area contributed by atoms with Crippen molar-refractivity contribution < 1.29 is 40.2 Å². The van der Waals surface area contributed by atoms with Crippen molar-refractivity contribution in [2.75, 3.05) is 0 Å². The molecule has 7 nitrogen and oxygen atoms in total. The predicted molar refractivity (Wildman–Crippen MR) is 142 cm³/mol. The Hall–Kier alpha value is -2.57. The van der Waals surface area contributed by atoms with Crippen LogP contribution in [0.5, 0.6) is 11.5 Å². The fraction of sp³-hybridized carbons (Fsp3) is 0.536. The first-order chi connectivity index (χ1) is 19.3. The first-order valence-electron chi connectivity index (χ1n) is 13.7. The minimum Gasteiger partial charge on any atom is -0.490 e. The molecule has 2 aliphatic carbocycles. The van der Waals surface area contributed by atoms with Gasteiger partial charge in [-0.1, -0.05) is 11.6 Å². The molecule has 4 fully saturated rings. The van der Waals surface area contributed by atoms with Gasteiger partial charge < -0.3 is 9.47 Å². The van der Waals surface area contributed by atoms with Crippen molar-refractivity contribution >= 4 is 27.5 Å². The number of nitrogens with one attached hydrogen (secondary N) is 1. The zero-order chi connectivity index (χ0) is 29.1. The number of sulfonamides is 1. The number of piperidine rings is 1. The van der Waals surface area contributed by atoms with E-state index in [1.54, 1.807) is 0 Å². The average Bonchev–Trinajstić information content (AvgIpc) is 3.75. The Bertz CT molecular complexity index is 1450. The van der Waals surface area contributed by atoms with Crippen LogP contribution in [0.15, 0.2) is 30.3 Å². The number of carbonyl (C=O) groups excluding carboxylic acids is 1. The van der Waals surface area contributed by atoms with Crippen molar-refractivity contribution in [3.8, 4) is 11.5 Å². The highest BCUT2D eigenvalue weighted by molar-refractivity contribution is 7.91. The number of nitrogens with zero attached hydrogens (tertiary/aromatic N) is 1. The van der Waals surface area contributed by atoms with Crippen LogP contribution in [-0.4, -0.2) is 49.0 Å². The maximum atomic E-state index is 15.2. The summed E-state index contributed by atoms with van der Waals surface area (Å²) in [6.45, 7) is 0.480. The van der Waals surface area contributed by atoms with Crippen LogP contribution >= 0.6 is 11.6 Å². The smallest absolute Gasteiger partial charge is 0.490 e. The number of carbonyl (C=O) groups is 1. The SMILES string of the molecule is O=C(NS(=O)(=O)C1CC1)c1cc(C2CC2)c(CN2[C@@H]3CC[C@H]2CC(Oc2cc(Cl)cc(OC(F)(F)F)c2)C3)cc1F. The van der Waals surface area contributed by atoms with Crippen LogP contribution in [0, 0.1) is 5.82 Å². The van der Waals surface area contributed by atoms with E-state index in [2.05, 4.69) is 9.64 Å². The molecule has 2 aromatic rings. The van der Waals surface area contributed by atoms with E-state index in [1.165, 1.54) is 24.3 Å². The molecule has 2 bridgehead atoms. The van der Waals surface area contributed by atoms with Crippen molar-refractivity contribution in [3.63, 3.8) is 0 Å². The second-order valence-electron chi connectivity index (χ2n) is 11.4. The van der Waals surface area contributed by atoms with Gasteiger partial charge in [0.2, 0.25) is 10.0 Å². The Morgan fingerprint density at radius 2 is 1.63 bits per heavy atom. The van der Waals surface area contributed by atoms with E-state index in [-0.39, 0.29) is 40.4 Å². The monoisotopic (exact) mass is 616 g/mol. The molecule has 0 aromatic heterocycles. The number of fused-ring (bicyclic) bond motifs is 2. The largest absolute Gasteiger partial charge is 0.573 e. The molecule has 1 N–H and O–H groups in total. The molecular weight excluding hydrogens is 588 g/mol. The van der Waals surface area contributed by atoms with E-state index < -0.39 is 39.1 Å². The zero-order valence-electron chi connectivity index (χ0n) is 21.9. The Kier molecular flexibility index (Phi) is 7.39. The summed E-state index contributed by atoms with van der Waals surface area (Å²) >= 11 is 6.00. The molecule has 2 saturated carbocycles. The summed E-state index contributed by atoms with van der Waals surface area (Å²) in [7, 11) is -3.80. The van der Waals surface area contributed by atoms with Crippen LogP contribution in [-0.2, 0) is 16.6 Å². The number of benzene rings is 2. The summed E-state index contributed by atoms with van der Waals surface area (Å²) in [6, 6.07) is 6.84. The molecule has 1 amide bonds. The third-order valence-electron chi connectivity index (χ3n) is 8.26. The summed E-state index contributed by atoms with van der Waals surface area (Å²) in [4.78, 5) is 15.0. The van der Waals surface area contributed by atoms with Crippen molar-refractivity contribution in [2.24, 2.45) is 0 Å². The summed E-state index contributed by atoms with van der Waals surface area (Å²) in [5, 5.41) is -0.521. The predicted octanol–water partition coefficient (Wildman–Crippen LogP) is 6.05. The molecule has 13 heteroatoms. The molecule has 1 unspecified atom stereocenters. The number of halogens is 5. The van der Waals surface area contributed by atoms with Gasteiger partial charge in [0, 0.05) is 29.7 Å². The van der Waals surface area contributed by atoms with Crippen molar-refractivity contribution in [1.29, 1.82) is 0 Å². The van der Waals surface area contributed by atoms with Crippen LogP contribution in [0.2, 0.25) is 5.02 Å². The lowest BCUT2D eigenvalue weighted by Crippen LogP contribution is -2.45. The lowest BCUT2D eigenvalue weighted by molar-refractivity contribution is -0.274. The molecular formula is C28H29ClF4N2O5S. The fourth-order valence-corrected chi connectivity index (χ4v) is 7.63. The van der Waals surface area contributed by atoms with Gasteiger partial charge in [0.15, 0.2) is 0 Å². The number of rotatable bonds is 9. The van der Waals surface area contributed by atoms with Gasteiger partial charge in [-0.15, -0.1) is 13.2 Å². The zero-order valence-corrected chi connectivity index (χ0v) is 23.5. The standard InChI is InChI=1S/C28H29ClF4N2O5S/c29-17-8-20(12-22(9-17)40-28(31,32)33)39-21-10-18-3-4-19(11-21)35(18)14-16-7-26(30)25(13-24(16)15-1-2-15)27(36)34-41(37,38)23-5-6-23/h7-9,12-13,15,18-19,21,23H,1-6,10-11,14H2,(H,34,36)/t18-,19+,21?. The van der Waals surface area contributed by atoms with E-state index in [4.69, 9.17) is 16.3 Å². The summed E-state index contributed by atoms with van der Waals surface area (Å²) in [5.41, 5.74) is 1.39. The maximum absolute atomic E-state index is 15.2. The number of amides is 1. The number of alkyl halides is 3. The summed E-state index contributed by atoms with van der Waals surface area (Å²) in [5.74, 6) is -1.74. The van der Waals surface area contributed by atoms with Gasteiger partial charge in [-0.25, -0.2) is 17.5 Å². The Morgan fingerprint density at radius 3 is 2.24 bits per heavy atom. The Morgan fingerprint density at radius 1 is 0.976 bits per heavy atom. The molecule has 2 aromatic carbocycles. The molecule has 0 spiro atoms. The van der Waals surface area contributed by atoms with Gasteiger partial charge >= 0.3 is 6.36 Å². The van der Waals surface area contributed by atoms with Crippen molar-refractivity contribution in [1.82, 2.24) is 9.62 Å². The average molecular weight is 617 g/mol. The van der Waals surface area contributed by atoms with E-state index in [0.717, 1.165) is 42.9 Å². The quantitative estimate of drug-likeness (QED) is 0.345. The van der Waals surface area contributed by atoms with Gasteiger partial charge in [0.25, 0.3) is 5.91 Å². The van der Waals surface area contributed by atoms with Gasteiger partial charge in [-0.3, -0.25) is 9.69 Å². The fourth-order valence-electron chi connectivity index (χ4n) is 6.13. The molecule has 41 heavy (non-hydrogen) atoms. The van der Waals surface area contributed by atoms with E-state index >= 15 is 4.39 Å². The first kappa shape index (κ1) is 28.5. The molecule has 222 valence electrons. The van der Waals surface area contributed by atoms with Gasteiger partial charge in [-0.2, -0.15) is 0 Å². The summed E-state index contributed by atoms with van der Waals surface area (Å²) < 4.78 is 89.8. The van der Waals surface area contributed by atoms with Gasteiger partial charge in [0.1, 0.15) is 23.4 Å². The molecule has 6 rings (SSSR count). The van der Waals surface area contributed by atoms with Gasteiger partial charge in [0.05, 0.1) is 10.8 Å². The molecule has 3 atom stereocenters. The lowest BCUT2D eigenvalue weighted by atomic mass is 9.95. The molecule has 2 aliphatic heterocycles. The van der Waals surface area contributed by atoms with Crippen LogP contribution in [0.1, 0.15) is 78.8 Å². The molecule has 0 radical (unpaired) electrons. The van der Waals surface area contributed by atoms with Crippen LogP contribution in [0.25, 0.3) is 0 Å². The number of hydrogen-bond donors (Lipinski definition) is 1. The van der Waals surface area contributed by atoms with E-state index in [9.17, 15) is 26.4 Å². The van der Waals surface area contributed by atoms with E-state index in [0.29, 0.717) is 32.2 Å². The normalized spacial score (nSPS) is 24.8. The highest BCUT2D eigenvalue weighted by Gasteiger charge is 2.43.